The van der Waals surface area contributed by atoms with E-state index in [1.807, 2.05) is 6.20 Å². The number of fused-ring (bicyclic) bond motifs is 1. The Morgan fingerprint density at radius 2 is 2.58 bits per heavy atom. The highest BCUT2D eigenvalue weighted by molar-refractivity contribution is 5.17. The minimum atomic E-state index is 0.718. The summed E-state index contributed by atoms with van der Waals surface area (Å²) in [6.45, 7) is 0.786. The van der Waals surface area contributed by atoms with Gasteiger partial charge < -0.3 is 10.3 Å². The number of aromatic nitrogens is 1. The van der Waals surface area contributed by atoms with Crippen molar-refractivity contribution in [1.82, 2.24) is 5.16 Å². The highest BCUT2D eigenvalue weighted by Gasteiger charge is 2.20. The summed E-state index contributed by atoms with van der Waals surface area (Å²) < 4.78 is 5.14. The molecular formula is C9H14N2O. The molecule has 1 atom stereocenters. The number of aryl methyl sites for hydroxylation is 1. The van der Waals surface area contributed by atoms with Crippen molar-refractivity contribution in [2.24, 2.45) is 11.7 Å². The third-order valence-electron chi connectivity index (χ3n) is 2.60. The van der Waals surface area contributed by atoms with E-state index < -0.39 is 0 Å². The number of nitrogens with two attached hydrogens (primary N) is 1. The van der Waals surface area contributed by atoms with Crippen molar-refractivity contribution in [3.8, 4) is 0 Å². The van der Waals surface area contributed by atoms with E-state index in [0.717, 1.165) is 37.5 Å². The van der Waals surface area contributed by atoms with Crippen molar-refractivity contribution in [3.05, 3.63) is 17.5 Å². The molecular weight excluding hydrogens is 152 g/mol. The average Bonchev–Trinajstić information content (AvgIpc) is 2.51. The zero-order chi connectivity index (χ0) is 8.39. The summed E-state index contributed by atoms with van der Waals surface area (Å²) in [5.74, 6) is 1.80. The second-order valence-electron chi connectivity index (χ2n) is 3.46. The molecule has 0 saturated heterocycles. The van der Waals surface area contributed by atoms with Gasteiger partial charge in [-0.2, -0.15) is 0 Å². The van der Waals surface area contributed by atoms with Crippen LogP contribution >= 0.6 is 0 Å². The third-order valence-corrected chi connectivity index (χ3v) is 2.60. The molecule has 2 N–H and O–H groups in total. The molecule has 0 aliphatic heterocycles. The van der Waals surface area contributed by atoms with Crippen molar-refractivity contribution < 1.29 is 4.52 Å². The van der Waals surface area contributed by atoms with Gasteiger partial charge in [-0.05, 0) is 31.7 Å². The van der Waals surface area contributed by atoms with Gasteiger partial charge in [-0.15, -0.1) is 0 Å². The van der Waals surface area contributed by atoms with E-state index in [0.29, 0.717) is 0 Å². The van der Waals surface area contributed by atoms with Crippen LogP contribution in [0.4, 0.5) is 0 Å². The van der Waals surface area contributed by atoms with Gasteiger partial charge >= 0.3 is 0 Å². The normalized spacial score (nSPS) is 22.2. The molecule has 66 valence electrons. The topological polar surface area (TPSA) is 52.0 Å². The van der Waals surface area contributed by atoms with Gasteiger partial charge in [0.15, 0.2) is 0 Å². The van der Waals surface area contributed by atoms with Crippen LogP contribution in [0, 0.1) is 5.92 Å². The van der Waals surface area contributed by atoms with Crippen molar-refractivity contribution >= 4 is 0 Å². The third kappa shape index (κ3) is 1.37. The molecule has 1 heterocycles. The van der Waals surface area contributed by atoms with Crippen LogP contribution in [-0.4, -0.2) is 11.7 Å². The molecule has 0 amide bonds. The standard InChI is InChI=1S/C9H14N2O/c10-4-3-7-1-2-8-6-11-12-9(8)5-7/h6-7H,1-5,10H2. The lowest BCUT2D eigenvalue weighted by atomic mass is 9.86. The molecule has 2 rings (SSSR count). The largest absolute Gasteiger partial charge is 0.361 e. The molecule has 0 radical (unpaired) electrons. The SMILES string of the molecule is NCCC1CCc2cnoc2C1. The van der Waals surface area contributed by atoms with Crippen LogP contribution in [0.15, 0.2) is 10.7 Å². The molecule has 12 heavy (non-hydrogen) atoms. The van der Waals surface area contributed by atoms with E-state index in [9.17, 15) is 0 Å². The summed E-state index contributed by atoms with van der Waals surface area (Å²) >= 11 is 0. The van der Waals surface area contributed by atoms with Crippen LogP contribution in [0.3, 0.4) is 0 Å². The summed E-state index contributed by atoms with van der Waals surface area (Å²) in [5.41, 5.74) is 6.80. The molecule has 1 aliphatic rings. The predicted octanol–water partition coefficient (Wildman–Crippen LogP) is 1.13. The van der Waals surface area contributed by atoms with Crippen LogP contribution in [0.2, 0.25) is 0 Å². The molecule has 0 fully saturated rings. The van der Waals surface area contributed by atoms with Gasteiger partial charge in [0.25, 0.3) is 0 Å². The van der Waals surface area contributed by atoms with Crippen LogP contribution in [-0.2, 0) is 12.8 Å². The highest BCUT2D eigenvalue weighted by atomic mass is 16.5. The molecule has 3 heteroatoms. The predicted molar refractivity (Wildman–Crippen MR) is 45.7 cm³/mol. The van der Waals surface area contributed by atoms with Crippen molar-refractivity contribution in [2.45, 2.75) is 25.7 Å². The summed E-state index contributed by atoms with van der Waals surface area (Å²) in [5, 5.41) is 3.79. The molecule has 0 saturated carbocycles. The number of nitrogens with zero attached hydrogens (tertiary/aromatic N) is 1. The van der Waals surface area contributed by atoms with Crippen molar-refractivity contribution in [3.63, 3.8) is 0 Å². The fourth-order valence-electron chi connectivity index (χ4n) is 1.86. The average molecular weight is 166 g/mol. The fraction of sp³-hybridized carbons (Fsp3) is 0.667. The van der Waals surface area contributed by atoms with Crippen LogP contribution < -0.4 is 5.73 Å². The van der Waals surface area contributed by atoms with Crippen LogP contribution in [0.25, 0.3) is 0 Å². The van der Waals surface area contributed by atoms with E-state index in [-0.39, 0.29) is 0 Å². The Morgan fingerprint density at radius 1 is 1.67 bits per heavy atom. The van der Waals surface area contributed by atoms with Crippen molar-refractivity contribution in [2.75, 3.05) is 6.54 Å². The maximum absolute atomic E-state index is 5.51. The molecule has 1 aromatic rings. The first-order valence-corrected chi connectivity index (χ1v) is 4.52. The Kier molecular flexibility index (Phi) is 2.13. The van der Waals surface area contributed by atoms with E-state index in [4.69, 9.17) is 10.3 Å². The van der Waals surface area contributed by atoms with Gasteiger partial charge in [0, 0.05) is 12.0 Å². The van der Waals surface area contributed by atoms with Gasteiger partial charge in [0.05, 0.1) is 6.20 Å². The van der Waals surface area contributed by atoms with Gasteiger partial charge in [0.1, 0.15) is 5.76 Å². The Hall–Kier alpha value is -0.830. The first-order valence-electron chi connectivity index (χ1n) is 4.52. The molecule has 0 spiro atoms. The highest BCUT2D eigenvalue weighted by Crippen LogP contribution is 2.26. The van der Waals surface area contributed by atoms with E-state index >= 15 is 0 Å². The van der Waals surface area contributed by atoms with Crippen LogP contribution in [0.5, 0.6) is 0 Å². The van der Waals surface area contributed by atoms with Gasteiger partial charge in [-0.3, -0.25) is 0 Å². The Balaban J connectivity index is 2.05. The summed E-state index contributed by atoms with van der Waals surface area (Å²) in [7, 11) is 0. The zero-order valence-corrected chi connectivity index (χ0v) is 7.12. The molecule has 1 unspecified atom stereocenters. The minimum Gasteiger partial charge on any atom is -0.361 e. The van der Waals surface area contributed by atoms with E-state index in [1.165, 1.54) is 12.0 Å². The molecule has 3 nitrogen and oxygen atoms in total. The van der Waals surface area contributed by atoms with Gasteiger partial charge in [0.2, 0.25) is 0 Å². The number of hydrogen-bond acceptors (Lipinski definition) is 3. The Bertz CT molecular complexity index is 257. The zero-order valence-electron chi connectivity index (χ0n) is 7.12. The summed E-state index contributed by atoms with van der Waals surface area (Å²) in [4.78, 5) is 0. The summed E-state index contributed by atoms with van der Waals surface area (Å²) in [6, 6.07) is 0. The quantitative estimate of drug-likeness (QED) is 0.716. The second-order valence-corrected chi connectivity index (χ2v) is 3.46. The first-order chi connectivity index (χ1) is 5.90. The van der Waals surface area contributed by atoms with Gasteiger partial charge in [-0.25, -0.2) is 0 Å². The fourth-order valence-corrected chi connectivity index (χ4v) is 1.86. The maximum atomic E-state index is 5.51. The Labute approximate surface area is 71.9 Å². The molecule has 1 aliphatic carbocycles. The molecule has 0 bridgehead atoms. The number of hydrogen-bond donors (Lipinski definition) is 1. The van der Waals surface area contributed by atoms with E-state index in [2.05, 4.69) is 5.16 Å². The lowest BCUT2D eigenvalue weighted by Gasteiger charge is -2.18. The van der Waals surface area contributed by atoms with Crippen LogP contribution in [0.1, 0.15) is 24.2 Å². The Morgan fingerprint density at radius 3 is 3.42 bits per heavy atom. The second kappa shape index (κ2) is 3.27. The van der Waals surface area contributed by atoms with Crippen molar-refractivity contribution in [1.29, 1.82) is 0 Å². The smallest absolute Gasteiger partial charge is 0.140 e. The monoisotopic (exact) mass is 166 g/mol. The lowest BCUT2D eigenvalue weighted by molar-refractivity contribution is 0.329. The molecule has 1 aromatic heterocycles. The molecule has 0 aromatic carbocycles. The van der Waals surface area contributed by atoms with E-state index in [1.54, 1.807) is 0 Å². The minimum absolute atomic E-state index is 0.718. The lowest BCUT2D eigenvalue weighted by Crippen LogP contribution is -2.16. The number of rotatable bonds is 2. The van der Waals surface area contributed by atoms with Gasteiger partial charge in [-0.1, -0.05) is 5.16 Å². The first kappa shape index (κ1) is 7.80. The summed E-state index contributed by atoms with van der Waals surface area (Å²) in [6.07, 6.45) is 6.34. The maximum Gasteiger partial charge on any atom is 0.140 e.